The molecule has 2 aliphatic rings. The lowest BCUT2D eigenvalue weighted by atomic mass is 9.89. The highest BCUT2D eigenvalue weighted by Gasteiger charge is 2.53. The molecule has 2 aromatic carbocycles. The molecule has 0 N–H and O–H groups in total. The second-order valence-electron chi connectivity index (χ2n) is 6.79. The Morgan fingerprint density at radius 3 is 2.26 bits per heavy atom. The number of amides is 1. The Labute approximate surface area is 161 Å². The zero-order chi connectivity index (χ0) is 18.9. The van der Waals surface area contributed by atoms with Gasteiger partial charge < -0.3 is 9.64 Å². The molecule has 2 saturated heterocycles. The summed E-state index contributed by atoms with van der Waals surface area (Å²) < 4.78 is 5.89. The van der Waals surface area contributed by atoms with Crippen LogP contribution in [0.1, 0.15) is 23.7 Å². The van der Waals surface area contributed by atoms with E-state index in [-0.39, 0.29) is 17.8 Å². The number of hydrogen-bond acceptors (Lipinski definition) is 5. The number of thioether (sulfide) groups is 1. The number of carbonyl (C=O) groups is 2. The van der Waals surface area contributed by atoms with Crippen molar-refractivity contribution in [2.75, 3.05) is 12.3 Å². The van der Waals surface area contributed by atoms with Crippen LogP contribution in [-0.2, 0) is 14.3 Å². The number of rotatable bonds is 4. The molecule has 2 atom stereocenters. The van der Waals surface area contributed by atoms with E-state index in [1.807, 2.05) is 60.7 Å². The molecule has 6 heteroatoms. The summed E-state index contributed by atoms with van der Waals surface area (Å²) in [7, 11) is 0. The van der Waals surface area contributed by atoms with Crippen LogP contribution in [0.5, 0.6) is 0 Å². The van der Waals surface area contributed by atoms with E-state index in [1.54, 1.807) is 4.90 Å². The van der Waals surface area contributed by atoms with Crippen molar-refractivity contribution in [3.8, 4) is 6.07 Å². The van der Waals surface area contributed by atoms with Crippen LogP contribution in [0.2, 0.25) is 0 Å². The van der Waals surface area contributed by atoms with Crippen molar-refractivity contribution in [2.24, 2.45) is 5.41 Å². The Balaban J connectivity index is 1.62. The molecule has 1 unspecified atom stereocenters. The molecule has 136 valence electrons. The van der Waals surface area contributed by atoms with E-state index in [1.165, 1.54) is 11.8 Å². The van der Waals surface area contributed by atoms with Gasteiger partial charge in [-0.15, -0.1) is 11.8 Å². The predicted octanol–water partition coefficient (Wildman–Crippen LogP) is 3.13. The van der Waals surface area contributed by atoms with Gasteiger partial charge in [0.25, 0.3) is 0 Å². The molecule has 0 saturated carbocycles. The summed E-state index contributed by atoms with van der Waals surface area (Å²) in [6, 6.07) is 21.1. The third kappa shape index (κ3) is 3.19. The Hall–Kier alpha value is -2.78. The molecule has 0 radical (unpaired) electrons. The van der Waals surface area contributed by atoms with Gasteiger partial charge >= 0.3 is 5.97 Å². The lowest BCUT2D eigenvalue weighted by Gasteiger charge is -2.48. The van der Waals surface area contributed by atoms with E-state index in [2.05, 4.69) is 6.07 Å². The second kappa shape index (κ2) is 7.09. The number of hydrogen-bond donors (Lipinski definition) is 0. The van der Waals surface area contributed by atoms with Crippen LogP contribution < -0.4 is 0 Å². The first kappa shape index (κ1) is 17.6. The summed E-state index contributed by atoms with van der Waals surface area (Å²) in [5.41, 5.74) is 0.344. The topological polar surface area (TPSA) is 70.4 Å². The quantitative estimate of drug-likeness (QED) is 0.604. The van der Waals surface area contributed by atoms with E-state index < -0.39 is 17.5 Å². The number of nitrogens with zero attached hydrogens (tertiary/aromatic N) is 2. The van der Waals surface area contributed by atoms with Crippen LogP contribution in [0.3, 0.4) is 0 Å². The fraction of sp³-hybridized carbons (Fsp3) is 0.286. The standard InChI is InChI=1S/C21H18N2O3S/c22-12-21(13-23-17(24)11-18(23)27-14-21)20(25)26-19(15-7-3-1-4-8-15)16-9-5-2-6-10-16/h1-10,18-19H,11,13-14H2/t18-,21?/m1/s1. The highest BCUT2D eigenvalue weighted by Crippen LogP contribution is 2.43. The Bertz CT molecular complexity index is 857. The fourth-order valence-corrected chi connectivity index (χ4v) is 4.76. The third-order valence-corrected chi connectivity index (χ3v) is 6.48. The van der Waals surface area contributed by atoms with Crippen molar-refractivity contribution in [1.82, 2.24) is 4.90 Å². The normalized spacial score (nSPS) is 23.9. The van der Waals surface area contributed by atoms with Crippen molar-refractivity contribution >= 4 is 23.6 Å². The average Bonchev–Trinajstić information content (AvgIpc) is 2.72. The minimum atomic E-state index is -1.33. The van der Waals surface area contributed by atoms with Crippen molar-refractivity contribution in [2.45, 2.75) is 17.9 Å². The second-order valence-corrected chi connectivity index (χ2v) is 7.96. The maximum absolute atomic E-state index is 13.1. The summed E-state index contributed by atoms with van der Waals surface area (Å²) in [4.78, 5) is 26.5. The predicted molar refractivity (Wildman–Crippen MR) is 101 cm³/mol. The van der Waals surface area contributed by atoms with Gasteiger partial charge in [0.05, 0.1) is 24.4 Å². The SMILES string of the molecule is N#CC1(C(=O)OC(c2ccccc2)c2ccccc2)CS[C@@H]2CC(=O)N2C1. The Morgan fingerprint density at radius 1 is 1.15 bits per heavy atom. The molecular formula is C21H18N2O3S. The summed E-state index contributed by atoms with van der Waals surface area (Å²) in [6.07, 6.45) is -0.113. The number of β-lactam (4-membered cyclic amide) rings is 1. The minimum Gasteiger partial charge on any atom is -0.451 e. The zero-order valence-corrected chi connectivity index (χ0v) is 15.4. The van der Waals surface area contributed by atoms with Gasteiger partial charge in [-0.05, 0) is 11.1 Å². The molecule has 0 spiro atoms. The smallest absolute Gasteiger partial charge is 0.330 e. The van der Waals surface area contributed by atoms with E-state index in [0.29, 0.717) is 12.2 Å². The summed E-state index contributed by atoms with van der Waals surface area (Å²) in [5.74, 6) is -0.247. The average molecular weight is 378 g/mol. The first-order chi connectivity index (χ1) is 13.1. The number of ether oxygens (including phenoxy) is 1. The summed E-state index contributed by atoms with van der Waals surface area (Å²) in [5, 5.41) is 9.87. The first-order valence-corrected chi connectivity index (χ1v) is 9.81. The maximum Gasteiger partial charge on any atom is 0.330 e. The van der Waals surface area contributed by atoms with Crippen molar-refractivity contribution in [3.05, 3.63) is 71.8 Å². The van der Waals surface area contributed by atoms with Gasteiger partial charge in [0.2, 0.25) is 5.91 Å². The van der Waals surface area contributed by atoms with E-state index in [9.17, 15) is 14.9 Å². The molecule has 4 rings (SSSR count). The number of carbonyl (C=O) groups excluding carboxylic acids is 2. The summed E-state index contributed by atoms with van der Waals surface area (Å²) >= 11 is 1.48. The number of esters is 1. The molecule has 0 aliphatic carbocycles. The van der Waals surface area contributed by atoms with Gasteiger partial charge in [-0.25, -0.2) is 0 Å². The maximum atomic E-state index is 13.1. The fourth-order valence-electron chi connectivity index (χ4n) is 3.38. The lowest BCUT2D eigenvalue weighted by Crippen LogP contribution is -2.61. The number of benzene rings is 2. The molecule has 5 nitrogen and oxygen atoms in total. The number of nitriles is 1. The van der Waals surface area contributed by atoms with Gasteiger partial charge in [0.1, 0.15) is 0 Å². The molecule has 27 heavy (non-hydrogen) atoms. The molecule has 1 amide bonds. The molecular weight excluding hydrogens is 360 g/mol. The summed E-state index contributed by atoms with van der Waals surface area (Å²) in [6.45, 7) is 0.106. The molecule has 0 aromatic heterocycles. The molecule has 2 fully saturated rings. The van der Waals surface area contributed by atoms with Crippen LogP contribution in [-0.4, -0.2) is 34.4 Å². The Morgan fingerprint density at radius 2 is 1.74 bits per heavy atom. The largest absolute Gasteiger partial charge is 0.451 e. The van der Waals surface area contributed by atoms with Gasteiger partial charge in [-0.1, -0.05) is 60.7 Å². The van der Waals surface area contributed by atoms with Crippen molar-refractivity contribution < 1.29 is 14.3 Å². The first-order valence-electron chi connectivity index (χ1n) is 8.76. The van der Waals surface area contributed by atoms with Crippen molar-refractivity contribution in [3.63, 3.8) is 0 Å². The monoisotopic (exact) mass is 378 g/mol. The number of fused-ring (bicyclic) bond motifs is 1. The molecule has 0 bridgehead atoms. The lowest BCUT2D eigenvalue weighted by molar-refractivity contribution is -0.160. The minimum absolute atomic E-state index is 0.0118. The van der Waals surface area contributed by atoms with Gasteiger partial charge in [-0.3, -0.25) is 9.59 Å². The van der Waals surface area contributed by atoms with Crippen LogP contribution in [0.25, 0.3) is 0 Å². The van der Waals surface area contributed by atoms with Gasteiger partial charge in [0, 0.05) is 5.75 Å². The van der Waals surface area contributed by atoms with Crippen LogP contribution in [0.15, 0.2) is 60.7 Å². The van der Waals surface area contributed by atoms with E-state index in [0.717, 1.165) is 11.1 Å². The van der Waals surface area contributed by atoms with E-state index in [4.69, 9.17) is 4.74 Å². The Kier molecular flexibility index (Phi) is 4.63. The van der Waals surface area contributed by atoms with Crippen LogP contribution in [0.4, 0.5) is 0 Å². The van der Waals surface area contributed by atoms with E-state index >= 15 is 0 Å². The van der Waals surface area contributed by atoms with Crippen LogP contribution >= 0.6 is 11.8 Å². The molecule has 2 aliphatic heterocycles. The van der Waals surface area contributed by atoms with Crippen molar-refractivity contribution in [1.29, 1.82) is 5.26 Å². The highest BCUT2D eigenvalue weighted by molar-refractivity contribution is 8.00. The molecule has 2 aromatic rings. The third-order valence-electron chi connectivity index (χ3n) is 5.01. The molecule has 2 heterocycles. The van der Waals surface area contributed by atoms with Gasteiger partial charge in [-0.2, -0.15) is 5.26 Å². The highest BCUT2D eigenvalue weighted by atomic mass is 32.2. The van der Waals surface area contributed by atoms with Gasteiger partial charge in [0.15, 0.2) is 11.5 Å². The zero-order valence-electron chi connectivity index (χ0n) is 14.6. The van der Waals surface area contributed by atoms with Crippen LogP contribution in [0, 0.1) is 16.7 Å².